The van der Waals surface area contributed by atoms with Crippen LogP contribution >= 0.6 is 0 Å². The fourth-order valence-corrected chi connectivity index (χ4v) is 1.47. The molecule has 1 rings (SSSR count). The predicted molar refractivity (Wildman–Crippen MR) is 51.9 cm³/mol. The zero-order chi connectivity index (χ0) is 9.68. The molecule has 0 N–H and O–H groups in total. The Bertz CT molecular complexity index is 216. The Labute approximate surface area is 79.5 Å². The minimum atomic E-state index is 0.977. The smallest absolute Gasteiger partial charge is 0.155 e. The molecule has 0 saturated carbocycles. The number of aromatic nitrogens is 3. The van der Waals surface area contributed by atoms with Gasteiger partial charge in [-0.3, -0.25) is 4.90 Å². The summed E-state index contributed by atoms with van der Waals surface area (Å²) in [6.45, 7) is 8.46. The van der Waals surface area contributed by atoms with Crippen LogP contribution in [0.5, 0.6) is 0 Å². The summed E-state index contributed by atoms with van der Waals surface area (Å²) in [5.74, 6) is 0. The van der Waals surface area contributed by atoms with E-state index in [9.17, 15) is 0 Å². The van der Waals surface area contributed by atoms with Gasteiger partial charge in [-0.1, -0.05) is 26.0 Å². The van der Waals surface area contributed by atoms with Gasteiger partial charge in [-0.05, 0) is 19.5 Å². The first-order valence-electron chi connectivity index (χ1n) is 4.80. The summed E-state index contributed by atoms with van der Waals surface area (Å²) < 4.78 is 1.84. The van der Waals surface area contributed by atoms with Crippen LogP contribution in [0.3, 0.4) is 0 Å². The average molecular weight is 181 g/mol. The molecule has 4 nitrogen and oxygen atoms in total. The fraction of sp³-hybridized carbons (Fsp3) is 0.667. The molecule has 13 heavy (non-hydrogen) atoms. The zero-order valence-electron chi connectivity index (χ0n) is 8.56. The molecule has 0 bridgehead atoms. The largest absolute Gasteiger partial charge is 0.277 e. The van der Waals surface area contributed by atoms with Crippen LogP contribution < -0.4 is 0 Å². The monoisotopic (exact) mass is 181 g/mol. The average Bonchev–Trinajstić information content (AvgIpc) is 2.66. The zero-order valence-corrected chi connectivity index (χ0v) is 8.56. The summed E-state index contributed by atoms with van der Waals surface area (Å²) in [4.78, 5) is 2.29. The molecule has 4 heteroatoms. The Morgan fingerprint density at radius 2 is 2.00 bits per heavy atom. The van der Waals surface area contributed by atoms with E-state index in [-0.39, 0.29) is 0 Å². The van der Waals surface area contributed by atoms with Crippen molar-refractivity contribution in [1.29, 1.82) is 0 Å². The third-order valence-electron chi connectivity index (χ3n) is 2.13. The fourth-order valence-electron chi connectivity index (χ4n) is 1.47. The first kappa shape index (κ1) is 10.2. The number of nitrogens with zero attached hydrogens (tertiary/aromatic N) is 4. The lowest BCUT2D eigenvalue weighted by atomic mass is 10.3. The normalized spacial score (nSPS) is 11.5. The Kier molecular flexibility index (Phi) is 3.89. The minimum Gasteiger partial charge on any atom is -0.277 e. The van der Waals surface area contributed by atoms with Crippen molar-refractivity contribution in [2.24, 2.45) is 0 Å². The number of hydrogen-bond donors (Lipinski definition) is 0. The van der Waals surface area contributed by atoms with Crippen LogP contribution in [0.1, 0.15) is 27.2 Å². The van der Waals surface area contributed by atoms with Crippen molar-refractivity contribution in [3.63, 3.8) is 0 Å². The molecule has 0 aromatic carbocycles. The van der Waals surface area contributed by atoms with Gasteiger partial charge in [0.05, 0.1) is 6.20 Å². The van der Waals surface area contributed by atoms with Gasteiger partial charge in [0.25, 0.3) is 0 Å². The van der Waals surface area contributed by atoms with Gasteiger partial charge >= 0.3 is 0 Å². The van der Waals surface area contributed by atoms with E-state index in [1.54, 1.807) is 6.20 Å². The predicted octanol–water partition coefficient (Wildman–Crippen LogP) is 1.37. The highest BCUT2D eigenvalue weighted by Crippen LogP contribution is 2.13. The standard InChI is InChI=1S/C9H17N4/c1-4-9(12(5-2)6-3)13-8-7-10-11-13/h7-8H,4-6H2,1-3H3. The van der Waals surface area contributed by atoms with E-state index < -0.39 is 0 Å². The lowest BCUT2D eigenvalue weighted by Crippen LogP contribution is -2.33. The Morgan fingerprint density at radius 1 is 1.31 bits per heavy atom. The molecule has 0 atom stereocenters. The van der Waals surface area contributed by atoms with Gasteiger partial charge in [-0.25, -0.2) is 4.68 Å². The summed E-state index contributed by atoms with van der Waals surface area (Å²) >= 11 is 0. The SMILES string of the molecule is CC[C](N(CC)CC)n1ccnn1. The van der Waals surface area contributed by atoms with Gasteiger partial charge in [-0.2, -0.15) is 0 Å². The van der Waals surface area contributed by atoms with Crippen molar-refractivity contribution in [1.82, 2.24) is 19.9 Å². The highest BCUT2D eigenvalue weighted by molar-refractivity contribution is 4.89. The van der Waals surface area contributed by atoms with E-state index in [0.29, 0.717) is 0 Å². The molecule has 0 fully saturated rings. The highest BCUT2D eigenvalue weighted by Gasteiger charge is 2.16. The lowest BCUT2D eigenvalue weighted by Gasteiger charge is -2.26. The van der Waals surface area contributed by atoms with E-state index in [1.807, 2.05) is 10.9 Å². The van der Waals surface area contributed by atoms with Gasteiger partial charge in [0.2, 0.25) is 0 Å². The molecule has 0 spiro atoms. The van der Waals surface area contributed by atoms with E-state index in [1.165, 1.54) is 6.17 Å². The summed E-state index contributed by atoms with van der Waals surface area (Å²) in [6, 6.07) is 0. The van der Waals surface area contributed by atoms with E-state index in [0.717, 1.165) is 19.5 Å². The molecule has 0 amide bonds. The number of hydrogen-bond acceptors (Lipinski definition) is 3. The second-order valence-corrected chi connectivity index (χ2v) is 2.79. The van der Waals surface area contributed by atoms with Crippen molar-refractivity contribution in [3.8, 4) is 0 Å². The van der Waals surface area contributed by atoms with Gasteiger partial charge < -0.3 is 0 Å². The van der Waals surface area contributed by atoms with Crippen LogP contribution in [0, 0.1) is 6.17 Å². The molecule has 1 aromatic heterocycles. The third kappa shape index (κ3) is 2.28. The molecular formula is C9H17N4. The molecule has 0 aliphatic heterocycles. The van der Waals surface area contributed by atoms with E-state index in [4.69, 9.17) is 0 Å². The highest BCUT2D eigenvalue weighted by atomic mass is 15.5. The molecule has 1 radical (unpaired) electrons. The Hall–Kier alpha value is -0.900. The second-order valence-electron chi connectivity index (χ2n) is 2.79. The van der Waals surface area contributed by atoms with Crippen molar-refractivity contribution in [2.45, 2.75) is 27.2 Å². The van der Waals surface area contributed by atoms with Crippen LogP contribution in [-0.4, -0.2) is 33.0 Å². The quantitative estimate of drug-likeness (QED) is 0.688. The third-order valence-corrected chi connectivity index (χ3v) is 2.13. The maximum Gasteiger partial charge on any atom is 0.155 e. The van der Waals surface area contributed by atoms with Crippen LogP contribution in [0.4, 0.5) is 0 Å². The maximum atomic E-state index is 3.99. The van der Waals surface area contributed by atoms with Crippen LogP contribution in [0.15, 0.2) is 12.4 Å². The van der Waals surface area contributed by atoms with Crippen molar-refractivity contribution in [3.05, 3.63) is 18.6 Å². The lowest BCUT2D eigenvalue weighted by molar-refractivity contribution is 0.261. The van der Waals surface area contributed by atoms with Crippen molar-refractivity contribution < 1.29 is 0 Å². The van der Waals surface area contributed by atoms with E-state index >= 15 is 0 Å². The van der Waals surface area contributed by atoms with Crippen molar-refractivity contribution in [2.75, 3.05) is 13.1 Å². The van der Waals surface area contributed by atoms with Crippen molar-refractivity contribution >= 4 is 0 Å². The molecule has 0 aliphatic rings. The summed E-state index contributed by atoms with van der Waals surface area (Å²) in [6.07, 6.45) is 5.78. The topological polar surface area (TPSA) is 34.0 Å². The minimum absolute atomic E-state index is 0.977. The van der Waals surface area contributed by atoms with Crippen LogP contribution in [0.2, 0.25) is 0 Å². The van der Waals surface area contributed by atoms with E-state index in [2.05, 4.69) is 36.0 Å². The molecule has 1 heterocycles. The molecule has 1 aromatic rings. The maximum absolute atomic E-state index is 3.99. The van der Waals surface area contributed by atoms with Gasteiger partial charge in [0, 0.05) is 6.20 Å². The molecular weight excluding hydrogens is 164 g/mol. The Morgan fingerprint density at radius 3 is 2.38 bits per heavy atom. The van der Waals surface area contributed by atoms with Crippen LogP contribution in [0.25, 0.3) is 0 Å². The second kappa shape index (κ2) is 4.97. The van der Waals surface area contributed by atoms with Crippen LogP contribution in [-0.2, 0) is 0 Å². The Balaban J connectivity index is 2.72. The first-order valence-corrected chi connectivity index (χ1v) is 4.80. The summed E-state index contributed by atoms with van der Waals surface area (Å²) in [5.41, 5.74) is 0. The van der Waals surface area contributed by atoms with Gasteiger partial charge in [0.1, 0.15) is 0 Å². The molecule has 0 unspecified atom stereocenters. The molecule has 0 saturated heterocycles. The molecule has 73 valence electrons. The summed E-state index contributed by atoms with van der Waals surface area (Å²) in [7, 11) is 0. The summed E-state index contributed by atoms with van der Waals surface area (Å²) in [5, 5.41) is 7.80. The first-order chi connectivity index (χ1) is 6.33. The van der Waals surface area contributed by atoms with Gasteiger partial charge in [-0.15, -0.1) is 5.10 Å². The molecule has 0 aliphatic carbocycles. The number of rotatable bonds is 5. The van der Waals surface area contributed by atoms with Gasteiger partial charge in [0.15, 0.2) is 6.17 Å².